The lowest BCUT2D eigenvalue weighted by Gasteiger charge is -2.28. The van der Waals surface area contributed by atoms with Gasteiger partial charge in [0, 0.05) is 5.41 Å². The lowest BCUT2D eigenvalue weighted by Crippen LogP contribution is -2.26. The van der Waals surface area contributed by atoms with Crippen molar-refractivity contribution in [2.45, 2.75) is 71.8 Å². The maximum atomic E-state index is 11.8. The van der Waals surface area contributed by atoms with Crippen molar-refractivity contribution < 1.29 is 14.3 Å². The maximum Gasteiger partial charge on any atom is 0.514 e. The van der Waals surface area contributed by atoms with Gasteiger partial charge in [0.1, 0.15) is 11.4 Å². The molecule has 146 valence electrons. The number of rotatable bonds is 3. The molecule has 27 heavy (non-hydrogen) atoms. The van der Waals surface area contributed by atoms with Crippen molar-refractivity contribution in [3.05, 3.63) is 65.2 Å². The lowest BCUT2D eigenvalue weighted by atomic mass is 9.77. The fourth-order valence-corrected chi connectivity index (χ4v) is 2.86. The molecule has 0 bridgehead atoms. The monoisotopic (exact) mass is 368 g/mol. The van der Waals surface area contributed by atoms with Crippen LogP contribution >= 0.6 is 0 Å². The van der Waals surface area contributed by atoms with Crippen LogP contribution in [-0.4, -0.2) is 11.8 Å². The molecule has 0 aliphatic heterocycles. The molecule has 0 saturated carbocycles. The van der Waals surface area contributed by atoms with E-state index in [2.05, 4.69) is 58.9 Å². The Morgan fingerprint density at radius 2 is 1.07 bits per heavy atom. The van der Waals surface area contributed by atoms with Crippen LogP contribution < -0.4 is 4.74 Å². The summed E-state index contributed by atoms with van der Waals surface area (Å²) in [7, 11) is 0. The molecule has 0 saturated heterocycles. The zero-order chi connectivity index (χ0) is 20.5. The summed E-state index contributed by atoms with van der Waals surface area (Å²) in [4.78, 5) is 11.8. The van der Waals surface area contributed by atoms with E-state index in [0.717, 1.165) is 5.56 Å². The van der Waals surface area contributed by atoms with Gasteiger partial charge < -0.3 is 9.47 Å². The van der Waals surface area contributed by atoms with Crippen LogP contribution in [-0.2, 0) is 15.6 Å². The third-order valence-electron chi connectivity index (χ3n) is 4.64. The van der Waals surface area contributed by atoms with Crippen LogP contribution in [0.15, 0.2) is 48.5 Å². The molecule has 0 heterocycles. The van der Waals surface area contributed by atoms with Crippen molar-refractivity contribution in [2.24, 2.45) is 0 Å². The number of carbonyl (C=O) groups is 1. The molecule has 0 fully saturated rings. The van der Waals surface area contributed by atoms with Crippen molar-refractivity contribution in [1.29, 1.82) is 0 Å². The number of carbonyl (C=O) groups excluding carboxylic acids is 1. The molecule has 3 heteroatoms. The third-order valence-corrected chi connectivity index (χ3v) is 4.64. The van der Waals surface area contributed by atoms with E-state index in [1.54, 1.807) is 0 Å². The molecule has 0 spiro atoms. The van der Waals surface area contributed by atoms with Crippen LogP contribution in [0.5, 0.6) is 5.75 Å². The minimum Gasteiger partial charge on any atom is -0.428 e. The van der Waals surface area contributed by atoms with Crippen molar-refractivity contribution in [3.63, 3.8) is 0 Å². The van der Waals surface area contributed by atoms with Gasteiger partial charge in [0.25, 0.3) is 0 Å². The van der Waals surface area contributed by atoms with Crippen molar-refractivity contribution >= 4 is 6.16 Å². The summed E-state index contributed by atoms with van der Waals surface area (Å²) in [5.41, 5.74) is 3.14. The largest absolute Gasteiger partial charge is 0.514 e. The first-order chi connectivity index (χ1) is 12.3. The summed E-state index contributed by atoms with van der Waals surface area (Å²) in [5.74, 6) is 0.479. The van der Waals surface area contributed by atoms with E-state index in [1.165, 1.54) is 11.1 Å². The highest BCUT2D eigenvalue weighted by Gasteiger charge is 2.24. The Hall–Kier alpha value is -2.29. The van der Waals surface area contributed by atoms with Gasteiger partial charge in [-0.1, -0.05) is 71.0 Å². The molecule has 0 atom stereocenters. The summed E-state index contributed by atoms with van der Waals surface area (Å²) in [6.45, 7) is 16.5. The molecule has 2 aromatic carbocycles. The summed E-state index contributed by atoms with van der Waals surface area (Å²) >= 11 is 0. The normalized spacial score (nSPS) is 12.6. The van der Waals surface area contributed by atoms with E-state index in [1.807, 2.05) is 45.0 Å². The van der Waals surface area contributed by atoms with Crippen molar-refractivity contribution in [1.82, 2.24) is 0 Å². The molecule has 0 unspecified atom stereocenters. The van der Waals surface area contributed by atoms with Gasteiger partial charge in [0.15, 0.2) is 0 Å². The van der Waals surface area contributed by atoms with Crippen LogP contribution in [0.2, 0.25) is 0 Å². The van der Waals surface area contributed by atoms with Gasteiger partial charge in [0.05, 0.1) is 0 Å². The highest BCUT2D eigenvalue weighted by atomic mass is 16.7. The van der Waals surface area contributed by atoms with Gasteiger partial charge in [-0.2, -0.15) is 0 Å². The van der Waals surface area contributed by atoms with Crippen LogP contribution in [0, 0.1) is 0 Å². The highest BCUT2D eigenvalue weighted by molar-refractivity contribution is 5.64. The van der Waals surface area contributed by atoms with Gasteiger partial charge in [0.2, 0.25) is 0 Å². The molecule has 3 nitrogen and oxygen atoms in total. The lowest BCUT2D eigenvalue weighted by molar-refractivity contribution is 0.0206. The number of ether oxygens (including phenoxy) is 2. The molecule has 0 aromatic heterocycles. The van der Waals surface area contributed by atoms with Crippen molar-refractivity contribution in [3.8, 4) is 5.75 Å². The van der Waals surface area contributed by atoms with Gasteiger partial charge in [-0.25, -0.2) is 4.79 Å². The second kappa shape index (κ2) is 7.38. The molecule has 0 radical (unpaired) electrons. The molecule has 2 rings (SSSR count). The Kier molecular flexibility index (Phi) is 5.74. The Bertz CT molecular complexity index is 770. The standard InChI is InChI=1S/C24H32O3/c1-22(2,3)17-9-11-18(12-10-17)24(7,8)19-13-15-20(16-14-19)26-21(25)27-23(4,5)6/h9-16H,1-8H3. The predicted molar refractivity (Wildman–Crippen MR) is 111 cm³/mol. The quantitative estimate of drug-likeness (QED) is 0.451. The summed E-state index contributed by atoms with van der Waals surface area (Å²) < 4.78 is 10.4. The molecule has 0 aliphatic carbocycles. The Balaban J connectivity index is 2.16. The fourth-order valence-electron chi connectivity index (χ4n) is 2.86. The van der Waals surface area contributed by atoms with Gasteiger partial charge in [-0.3, -0.25) is 0 Å². The molecular formula is C24H32O3. The number of hydrogen-bond donors (Lipinski definition) is 0. The number of benzene rings is 2. The van der Waals surface area contributed by atoms with Gasteiger partial charge in [-0.05, 0) is 55.0 Å². The minimum atomic E-state index is -0.688. The summed E-state index contributed by atoms with van der Waals surface area (Å²) in [5, 5.41) is 0. The first-order valence-electron chi connectivity index (χ1n) is 9.41. The van der Waals surface area contributed by atoms with Crippen LogP contribution in [0.4, 0.5) is 4.79 Å². The smallest absolute Gasteiger partial charge is 0.428 e. The molecule has 2 aromatic rings. The average molecular weight is 369 g/mol. The first-order valence-corrected chi connectivity index (χ1v) is 9.41. The Morgan fingerprint density at radius 3 is 1.48 bits per heavy atom. The number of hydrogen-bond acceptors (Lipinski definition) is 3. The maximum absolute atomic E-state index is 11.8. The van der Waals surface area contributed by atoms with E-state index in [4.69, 9.17) is 9.47 Å². The van der Waals surface area contributed by atoms with Crippen LogP contribution in [0.3, 0.4) is 0 Å². The highest BCUT2D eigenvalue weighted by Crippen LogP contribution is 2.34. The van der Waals surface area contributed by atoms with E-state index in [-0.39, 0.29) is 10.8 Å². The van der Waals surface area contributed by atoms with E-state index >= 15 is 0 Å². The molecular weight excluding hydrogens is 336 g/mol. The van der Waals surface area contributed by atoms with E-state index < -0.39 is 11.8 Å². The summed E-state index contributed by atoms with van der Waals surface area (Å²) in [6.07, 6.45) is -0.688. The van der Waals surface area contributed by atoms with Gasteiger partial charge >= 0.3 is 6.16 Å². The molecule has 0 N–H and O–H groups in total. The second-order valence-electron chi connectivity index (χ2n) is 9.54. The predicted octanol–water partition coefficient (Wildman–Crippen LogP) is 6.62. The van der Waals surface area contributed by atoms with Crippen LogP contribution in [0.1, 0.15) is 72.1 Å². The van der Waals surface area contributed by atoms with Crippen molar-refractivity contribution in [2.75, 3.05) is 0 Å². The minimum absolute atomic E-state index is 0.142. The Labute approximate surface area is 163 Å². The average Bonchev–Trinajstić information content (AvgIpc) is 2.53. The zero-order valence-electron chi connectivity index (χ0n) is 17.8. The molecule has 0 amide bonds. The SMILES string of the molecule is CC(C)(C)OC(=O)Oc1ccc(C(C)(C)c2ccc(C(C)(C)C)cc2)cc1. The van der Waals surface area contributed by atoms with E-state index in [0.29, 0.717) is 5.75 Å². The fraction of sp³-hybridized carbons (Fsp3) is 0.458. The zero-order valence-corrected chi connectivity index (χ0v) is 17.8. The van der Waals surface area contributed by atoms with Gasteiger partial charge in [-0.15, -0.1) is 0 Å². The topological polar surface area (TPSA) is 35.5 Å². The third kappa shape index (κ3) is 5.59. The van der Waals surface area contributed by atoms with Crippen LogP contribution in [0.25, 0.3) is 0 Å². The first kappa shape index (κ1) is 21.0. The van der Waals surface area contributed by atoms with E-state index in [9.17, 15) is 4.79 Å². The summed E-state index contributed by atoms with van der Waals surface area (Å²) in [6, 6.07) is 16.4. The molecule has 0 aliphatic rings. The Morgan fingerprint density at radius 1 is 0.667 bits per heavy atom. The second-order valence-corrected chi connectivity index (χ2v) is 9.54.